The molecule has 0 spiro atoms. The van der Waals surface area contributed by atoms with Crippen LogP contribution in [0.3, 0.4) is 0 Å². The number of benzene rings is 3. The van der Waals surface area contributed by atoms with Crippen molar-refractivity contribution in [2.75, 3.05) is 11.9 Å². The molecule has 0 fully saturated rings. The van der Waals surface area contributed by atoms with E-state index in [0.29, 0.717) is 11.3 Å². The van der Waals surface area contributed by atoms with Crippen molar-refractivity contribution in [3.8, 4) is 6.07 Å². The van der Waals surface area contributed by atoms with Gasteiger partial charge in [-0.3, -0.25) is 10.1 Å². The maximum absolute atomic E-state index is 12.4. The van der Waals surface area contributed by atoms with Crippen LogP contribution >= 0.6 is 0 Å². The van der Waals surface area contributed by atoms with Crippen molar-refractivity contribution >= 4 is 11.6 Å². The van der Waals surface area contributed by atoms with Gasteiger partial charge in [0.2, 0.25) is 5.91 Å². The van der Waals surface area contributed by atoms with Crippen LogP contribution in [0, 0.1) is 18.3 Å². The summed E-state index contributed by atoms with van der Waals surface area (Å²) in [6, 6.07) is 27.3. The van der Waals surface area contributed by atoms with Crippen LogP contribution in [0.25, 0.3) is 0 Å². The molecule has 0 aliphatic heterocycles. The standard InChI is InChI=1S/C23H21N3O/c1-17-11-13-19(14-12-17)23(18-7-3-2-4-8-18)25-16-22(27)26-21-10-6-5-9-20(21)15-24/h2-14,23,25H,16H2,1H3,(H,26,27)/t23-/m0/s1. The number of carbonyl (C=O) groups is 1. The fourth-order valence-electron chi connectivity index (χ4n) is 2.91. The maximum Gasteiger partial charge on any atom is 0.238 e. The second-order valence-electron chi connectivity index (χ2n) is 6.34. The highest BCUT2D eigenvalue weighted by molar-refractivity contribution is 5.93. The van der Waals surface area contributed by atoms with Gasteiger partial charge in [-0.15, -0.1) is 0 Å². The summed E-state index contributed by atoms with van der Waals surface area (Å²) in [5.41, 5.74) is 4.35. The van der Waals surface area contributed by atoms with Crippen LogP contribution in [-0.4, -0.2) is 12.5 Å². The second kappa shape index (κ2) is 8.79. The van der Waals surface area contributed by atoms with Gasteiger partial charge < -0.3 is 5.32 Å². The van der Waals surface area contributed by atoms with Gasteiger partial charge in [-0.1, -0.05) is 72.3 Å². The summed E-state index contributed by atoms with van der Waals surface area (Å²) in [4.78, 5) is 12.4. The molecule has 1 atom stereocenters. The van der Waals surface area contributed by atoms with Gasteiger partial charge in [-0.05, 0) is 30.2 Å². The highest BCUT2D eigenvalue weighted by Gasteiger charge is 2.15. The Hall–Kier alpha value is -3.42. The molecule has 0 aliphatic rings. The quantitative estimate of drug-likeness (QED) is 0.697. The molecule has 4 nitrogen and oxygen atoms in total. The van der Waals surface area contributed by atoms with Gasteiger partial charge in [0, 0.05) is 0 Å². The Morgan fingerprint density at radius 1 is 0.926 bits per heavy atom. The lowest BCUT2D eigenvalue weighted by Crippen LogP contribution is -2.32. The first kappa shape index (κ1) is 18.4. The van der Waals surface area contributed by atoms with E-state index >= 15 is 0 Å². The highest BCUT2D eigenvalue weighted by atomic mass is 16.1. The molecule has 0 saturated carbocycles. The first-order valence-electron chi connectivity index (χ1n) is 8.81. The summed E-state index contributed by atoms with van der Waals surface area (Å²) >= 11 is 0. The lowest BCUT2D eigenvalue weighted by atomic mass is 9.98. The molecule has 2 N–H and O–H groups in total. The third kappa shape index (κ3) is 4.81. The lowest BCUT2D eigenvalue weighted by molar-refractivity contribution is -0.115. The van der Waals surface area contributed by atoms with Crippen LogP contribution in [-0.2, 0) is 4.79 Å². The molecule has 0 unspecified atom stereocenters. The largest absolute Gasteiger partial charge is 0.324 e. The van der Waals surface area contributed by atoms with Crippen molar-refractivity contribution in [3.63, 3.8) is 0 Å². The number of nitrogens with one attached hydrogen (secondary N) is 2. The zero-order valence-electron chi connectivity index (χ0n) is 15.1. The lowest BCUT2D eigenvalue weighted by Gasteiger charge is -2.20. The van der Waals surface area contributed by atoms with E-state index in [1.165, 1.54) is 5.56 Å². The molecule has 3 rings (SSSR count). The van der Waals surface area contributed by atoms with E-state index in [9.17, 15) is 4.79 Å². The number of aryl methyl sites for hydroxylation is 1. The average molecular weight is 355 g/mol. The minimum absolute atomic E-state index is 0.0937. The molecule has 0 aromatic heterocycles. The van der Waals surface area contributed by atoms with Crippen molar-refractivity contribution in [3.05, 3.63) is 101 Å². The van der Waals surface area contributed by atoms with Crippen molar-refractivity contribution in [1.29, 1.82) is 5.26 Å². The number of anilines is 1. The van der Waals surface area contributed by atoms with Gasteiger partial charge in [-0.2, -0.15) is 5.26 Å². The smallest absolute Gasteiger partial charge is 0.238 e. The van der Waals surface area contributed by atoms with Crippen molar-refractivity contribution < 1.29 is 4.79 Å². The second-order valence-corrected chi connectivity index (χ2v) is 6.34. The number of hydrogen-bond acceptors (Lipinski definition) is 3. The van der Waals surface area contributed by atoms with E-state index in [-0.39, 0.29) is 18.5 Å². The van der Waals surface area contributed by atoms with Crippen molar-refractivity contribution in [2.24, 2.45) is 0 Å². The molecular formula is C23H21N3O. The average Bonchev–Trinajstić information content (AvgIpc) is 2.70. The minimum Gasteiger partial charge on any atom is -0.324 e. The fourth-order valence-corrected chi connectivity index (χ4v) is 2.91. The summed E-state index contributed by atoms with van der Waals surface area (Å²) in [7, 11) is 0. The number of nitrogens with zero attached hydrogens (tertiary/aromatic N) is 1. The molecule has 0 heterocycles. The van der Waals surface area contributed by atoms with Gasteiger partial charge in [0.15, 0.2) is 0 Å². The molecule has 3 aromatic rings. The third-order valence-electron chi connectivity index (χ3n) is 4.33. The van der Waals surface area contributed by atoms with E-state index in [2.05, 4.69) is 47.9 Å². The third-order valence-corrected chi connectivity index (χ3v) is 4.33. The molecular weight excluding hydrogens is 334 g/mol. The Kier molecular flexibility index (Phi) is 5.98. The maximum atomic E-state index is 12.4. The summed E-state index contributed by atoms with van der Waals surface area (Å²) in [6.45, 7) is 2.18. The topological polar surface area (TPSA) is 64.9 Å². The molecule has 27 heavy (non-hydrogen) atoms. The number of hydrogen-bond donors (Lipinski definition) is 2. The fraction of sp³-hybridized carbons (Fsp3) is 0.130. The van der Waals surface area contributed by atoms with Crippen LogP contribution < -0.4 is 10.6 Å². The molecule has 3 aromatic carbocycles. The molecule has 1 amide bonds. The zero-order valence-corrected chi connectivity index (χ0v) is 15.1. The monoisotopic (exact) mass is 355 g/mol. The van der Waals surface area contributed by atoms with Crippen LogP contribution in [0.15, 0.2) is 78.9 Å². The number of para-hydroxylation sites is 1. The zero-order chi connectivity index (χ0) is 19.1. The van der Waals surface area contributed by atoms with Crippen LogP contribution in [0.1, 0.15) is 28.3 Å². The molecule has 0 aliphatic carbocycles. The molecule has 0 saturated heterocycles. The Balaban J connectivity index is 1.74. The van der Waals surface area contributed by atoms with Crippen molar-refractivity contribution in [2.45, 2.75) is 13.0 Å². The summed E-state index contributed by atoms with van der Waals surface area (Å²) in [6.07, 6.45) is 0. The van der Waals surface area contributed by atoms with E-state index in [4.69, 9.17) is 5.26 Å². The molecule has 0 bridgehead atoms. The first-order chi connectivity index (χ1) is 13.2. The number of rotatable bonds is 6. The molecule has 134 valence electrons. The first-order valence-corrected chi connectivity index (χ1v) is 8.81. The Morgan fingerprint density at radius 3 is 2.26 bits per heavy atom. The predicted molar refractivity (Wildman–Crippen MR) is 107 cm³/mol. The van der Waals surface area contributed by atoms with Crippen LogP contribution in [0.2, 0.25) is 0 Å². The SMILES string of the molecule is Cc1ccc([C@@H](NCC(=O)Nc2ccccc2C#N)c2ccccc2)cc1. The highest BCUT2D eigenvalue weighted by Crippen LogP contribution is 2.22. The van der Waals surface area contributed by atoms with E-state index in [1.807, 2.05) is 30.3 Å². The van der Waals surface area contributed by atoms with E-state index in [0.717, 1.165) is 11.1 Å². The normalized spacial score (nSPS) is 11.4. The Morgan fingerprint density at radius 2 is 1.56 bits per heavy atom. The molecule has 4 heteroatoms. The minimum atomic E-state index is -0.189. The van der Waals surface area contributed by atoms with Crippen LogP contribution in [0.5, 0.6) is 0 Å². The van der Waals surface area contributed by atoms with Gasteiger partial charge in [0.05, 0.1) is 23.8 Å². The van der Waals surface area contributed by atoms with Crippen molar-refractivity contribution in [1.82, 2.24) is 5.32 Å². The summed E-state index contributed by atoms with van der Waals surface area (Å²) in [5.74, 6) is -0.189. The Labute approximate surface area is 159 Å². The van der Waals surface area contributed by atoms with Gasteiger partial charge in [0.25, 0.3) is 0 Å². The van der Waals surface area contributed by atoms with E-state index in [1.54, 1.807) is 24.3 Å². The predicted octanol–water partition coefficient (Wildman–Crippen LogP) is 4.18. The number of amides is 1. The van der Waals surface area contributed by atoms with E-state index < -0.39 is 0 Å². The summed E-state index contributed by atoms with van der Waals surface area (Å²) < 4.78 is 0. The summed E-state index contributed by atoms with van der Waals surface area (Å²) in [5, 5.41) is 15.3. The van der Waals surface area contributed by atoms with Gasteiger partial charge >= 0.3 is 0 Å². The number of carbonyl (C=O) groups excluding carboxylic acids is 1. The number of nitriles is 1. The van der Waals surface area contributed by atoms with Gasteiger partial charge in [0.1, 0.15) is 6.07 Å². The Bertz CT molecular complexity index is 943. The molecule has 0 radical (unpaired) electrons. The van der Waals surface area contributed by atoms with Gasteiger partial charge in [-0.25, -0.2) is 0 Å². The van der Waals surface area contributed by atoms with Crippen LogP contribution in [0.4, 0.5) is 5.69 Å².